The largest absolute Gasteiger partial charge is 0.310 e. The number of aromatic nitrogens is 1. The molecule has 0 aliphatic rings. The zero-order valence-corrected chi connectivity index (χ0v) is 13.8. The van der Waals surface area contributed by atoms with Gasteiger partial charge in [-0.15, -0.1) is 0 Å². The highest BCUT2D eigenvalue weighted by Crippen LogP contribution is 2.26. The van der Waals surface area contributed by atoms with Crippen LogP contribution in [0.4, 0.5) is 0 Å². The van der Waals surface area contributed by atoms with Crippen LogP contribution in [0.2, 0.25) is 0 Å². The molecule has 2 unspecified atom stereocenters. The Bertz CT molecular complexity index is 345. The molecule has 2 nitrogen and oxygen atoms in total. The fourth-order valence-corrected chi connectivity index (χ4v) is 2.66. The van der Waals surface area contributed by atoms with Crippen molar-refractivity contribution in [2.75, 3.05) is 6.54 Å². The minimum Gasteiger partial charge on any atom is -0.310 e. The van der Waals surface area contributed by atoms with Crippen molar-refractivity contribution in [3.63, 3.8) is 0 Å². The summed E-state index contributed by atoms with van der Waals surface area (Å²) in [5.41, 5.74) is 2.44. The van der Waals surface area contributed by atoms with Gasteiger partial charge in [-0.2, -0.15) is 0 Å². The van der Waals surface area contributed by atoms with Gasteiger partial charge in [0.2, 0.25) is 0 Å². The molecule has 0 radical (unpaired) electrons. The summed E-state index contributed by atoms with van der Waals surface area (Å²) in [5, 5.41) is 3.71. The number of rotatable bonds is 10. The normalized spacial score (nSPS) is 14.2. The van der Waals surface area contributed by atoms with Crippen molar-refractivity contribution in [2.24, 2.45) is 5.92 Å². The van der Waals surface area contributed by atoms with Gasteiger partial charge in [-0.05, 0) is 43.9 Å². The van der Waals surface area contributed by atoms with Gasteiger partial charge in [0.15, 0.2) is 0 Å². The molecule has 0 bridgehead atoms. The van der Waals surface area contributed by atoms with Gasteiger partial charge in [0, 0.05) is 17.9 Å². The first-order chi connectivity index (χ1) is 9.71. The van der Waals surface area contributed by atoms with Crippen LogP contribution in [0.1, 0.15) is 76.6 Å². The molecule has 0 aliphatic heterocycles. The predicted octanol–water partition coefficient (Wildman–Crippen LogP) is 5.04. The number of hydrogen-bond acceptors (Lipinski definition) is 2. The second kappa shape index (κ2) is 9.93. The first-order valence-electron chi connectivity index (χ1n) is 8.37. The van der Waals surface area contributed by atoms with Crippen LogP contribution in [0, 0.1) is 12.8 Å². The van der Waals surface area contributed by atoms with Crippen LogP contribution in [-0.4, -0.2) is 11.5 Å². The van der Waals surface area contributed by atoms with E-state index in [1.165, 1.54) is 44.1 Å². The van der Waals surface area contributed by atoms with E-state index in [1.807, 2.05) is 6.92 Å². The molecule has 1 rings (SSSR count). The van der Waals surface area contributed by atoms with E-state index in [1.54, 1.807) is 0 Å². The van der Waals surface area contributed by atoms with E-state index in [-0.39, 0.29) is 0 Å². The Kier molecular flexibility index (Phi) is 8.52. The van der Waals surface area contributed by atoms with Gasteiger partial charge in [-0.25, -0.2) is 0 Å². The fourth-order valence-electron chi connectivity index (χ4n) is 2.66. The van der Waals surface area contributed by atoms with Gasteiger partial charge in [0.1, 0.15) is 0 Å². The summed E-state index contributed by atoms with van der Waals surface area (Å²) in [4.78, 5) is 4.46. The summed E-state index contributed by atoms with van der Waals surface area (Å²) in [7, 11) is 0. The monoisotopic (exact) mass is 276 g/mol. The molecular weight excluding hydrogens is 244 g/mol. The van der Waals surface area contributed by atoms with Gasteiger partial charge in [0.05, 0.1) is 0 Å². The van der Waals surface area contributed by atoms with E-state index in [4.69, 9.17) is 0 Å². The van der Waals surface area contributed by atoms with E-state index in [9.17, 15) is 0 Å². The first-order valence-corrected chi connectivity index (χ1v) is 8.37. The van der Waals surface area contributed by atoms with Gasteiger partial charge in [-0.1, -0.05) is 52.5 Å². The number of nitrogens with one attached hydrogen (secondary N) is 1. The third kappa shape index (κ3) is 6.04. The Balaban J connectivity index is 2.69. The molecule has 1 aromatic heterocycles. The molecular formula is C18H32N2. The summed E-state index contributed by atoms with van der Waals surface area (Å²) in [5.74, 6) is 0.825. The lowest BCUT2D eigenvalue weighted by Crippen LogP contribution is -2.24. The molecule has 0 saturated heterocycles. The second-order valence-corrected chi connectivity index (χ2v) is 5.89. The molecule has 2 heteroatoms. The Morgan fingerprint density at radius 2 is 1.95 bits per heavy atom. The van der Waals surface area contributed by atoms with Crippen molar-refractivity contribution in [1.29, 1.82) is 0 Å². The number of nitrogens with zero attached hydrogens (tertiary/aromatic N) is 1. The summed E-state index contributed by atoms with van der Waals surface area (Å²) in [6, 6.07) is 4.83. The fraction of sp³-hybridized carbons (Fsp3) is 0.722. The zero-order chi connectivity index (χ0) is 14.8. The van der Waals surface area contributed by atoms with E-state index < -0.39 is 0 Å². The number of pyridine rings is 1. The quantitative estimate of drug-likeness (QED) is 0.648. The Morgan fingerprint density at radius 3 is 2.50 bits per heavy atom. The molecule has 1 heterocycles. The van der Waals surface area contributed by atoms with Crippen molar-refractivity contribution in [1.82, 2.24) is 10.3 Å². The van der Waals surface area contributed by atoms with Crippen LogP contribution >= 0.6 is 0 Å². The number of hydrogen-bond donors (Lipinski definition) is 1. The summed E-state index contributed by atoms with van der Waals surface area (Å²) >= 11 is 0. The van der Waals surface area contributed by atoms with E-state index in [2.05, 4.69) is 49.4 Å². The lowest BCUT2D eigenvalue weighted by molar-refractivity contribution is 0.353. The minimum absolute atomic E-state index is 0.463. The molecule has 1 N–H and O–H groups in total. The second-order valence-electron chi connectivity index (χ2n) is 5.89. The highest BCUT2D eigenvalue weighted by atomic mass is 14.9. The van der Waals surface area contributed by atoms with Crippen LogP contribution < -0.4 is 5.32 Å². The summed E-state index contributed by atoms with van der Waals surface area (Å²) < 4.78 is 0. The highest BCUT2D eigenvalue weighted by molar-refractivity contribution is 5.17. The molecule has 114 valence electrons. The molecule has 0 amide bonds. The maximum absolute atomic E-state index is 4.46. The molecule has 0 aliphatic carbocycles. The Hall–Kier alpha value is -0.890. The predicted molar refractivity (Wildman–Crippen MR) is 87.9 cm³/mol. The lowest BCUT2D eigenvalue weighted by Gasteiger charge is -2.24. The van der Waals surface area contributed by atoms with Crippen LogP contribution in [-0.2, 0) is 0 Å². The summed E-state index contributed by atoms with van der Waals surface area (Å²) in [6.07, 6.45) is 9.76. The average Bonchev–Trinajstić information content (AvgIpc) is 2.48. The molecule has 2 atom stereocenters. The Morgan fingerprint density at radius 1 is 1.15 bits per heavy atom. The maximum atomic E-state index is 4.46. The van der Waals surface area contributed by atoms with E-state index >= 15 is 0 Å². The number of unbranched alkanes of at least 4 members (excludes halogenated alkanes) is 1. The van der Waals surface area contributed by atoms with Crippen LogP contribution in [0.5, 0.6) is 0 Å². The van der Waals surface area contributed by atoms with Gasteiger partial charge in [-0.3, -0.25) is 4.98 Å². The van der Waals surface area contributed by atoms with Gasteiger partial charge >= 0.3 is 0 Å². The topological polar surface area (TPSA) is 24.9 Å². The Labute approximate surface area is 125 Å². The van der Waals surface area contributed by atoms with E-state index in [0.717, 1.165) is 18.2 Å². The SMILES string of the molecule is CCCCC(CC)CC(NCCC)c1ccc(C)nc1. The van der Waals surface area contributed by atoms with Crippen LogP contribution in [0.15, 0.2) is 18.3 Å². The van der Waals surface area contributed by atoms with Crippen LogP contribution in [0.25, 0.3) is 0 Å². The van der Waals surface area contributed by atoms with Gasteiger partial charge in [0.25, 0.3) is 0 Å². The molecule has 0 aromatic carbocycles. The van der Waals surface area contributed by atoms with Crippen molar-refractivity contribution in [3.05, 3.63) is 29.6 Å². The molecule has 1 aromatic rings. The number of aryl methyl sites for hydroxylation is 1. The first kappa shape index (κ1) is 17.2. The third-order valence-electron chi connectivity index (χ3n) is 4.09. The van der Waals surface area contributed by atoms with Gasteiger partial charge < -0.3 is 5.32 Å². The van der Waals surface area contributed by atoms with E-state index in [0.29, 0.717) is 6.04 Å². The maximum Gasteiger partial charge on any atom is 0.0372 e. The molecule has 0 spiro atoms. The molecule has 0 fully saturated rings. The molecule has 20 heavy (non-hydrogen) atoms. The summed E-state index contributed by atoms with van der Waals surface area (Å²) in [6.45, 7) is 9.97. The van der Waals surface area contributed by atoms with Crippen LogP contribution in [0.3, 0.4) is 0 Å². The van der Waals surface area contributed by atoms with Crippen molar-refractivity contribution in [2.45, 2.75) is 72.3 Å². The third-order valence-corrected chi connectivity index (χ3v) is 4.09. The standard InChI is InChI=1S/C18H32N2/c1-5-8-9-16(7-3)13-18(19-12-6-2)17-11-10-15(4)20-14-17/h10-11,14,16,18-19H,5-9,12-13H2,1-4H3. The van der Waals surface area contributed by atoms with Crippen molar-refractivity contribution >= 4 is 0 Å². The molecule has 0 saturated carbocycles. The lowest BCUT2D eigenvalue weighted by atomic mass is 9.89. The highest BCUT2D eigenvalue weighted by Gasteiger charge is 2.16. The van der Waals surface area contributed by atoms with Crippen molar-refractivity contribution in [3.8, 4) is 0 Å². The van der Waals surface area contributed by atoms with Crippen molar-refractivity contribution < 1.29 is 0 Å². The minimum atomic E-state index is 0.463. The smallest absolute Gasteiger partial charge is 0.0372 e. The zero-order valence-electron chi connectivity index (χ0n) is 13.8. The average molecular weight is 276 g/mol.